The van der Waals surface area contributed by atoms with Crippen molar-refractivity contribution < 1.29 is 9.90 Å². The van der Waals surface area contributed by atoms with Gasteiger partial charge in [0.05, 0.1) is 5.92 Å². The fourth-order valence-corrected chi connectivity index (χ4v) is 1.48. The van der Waals surface area contributed by atoms with E-state index in [9.17, 15) is 4.79 Å². The second-order valence-electron chi connectivity index (χ2n) is 4.12. The maximum Gasteiger partial charge on any atom is 0.307 e. The van der Waals surface area contributed by atoms with Gasteiger partial charge in [0.25, 0.3) is 0 Å². The van der Waals surface area contributed by atoms with Gasteiger partial charge in [0.2, 0.25) is 0 Å². The van der Waals surface area contributed by atoms with E-state index in [-0.39, 0.29) is 11.3 Å². The number of carboxylic acid groups (broad SMARTS) is 1. The highest BCUT2D eigenvalue weighted by Crippen LogP contribution is 2.29. The minimum atomic E-state index is -0.703. The molecule has 1 unspecified atom stereocenters. The predicted molar refractivity (Wildman–Crippen MR) is 63.2 cm³/mol. The van der Waals surface area contributed by atoms with E-state index < -0.39 is 5.97 Å². The van der Waals surface area contributed by atoms with Crippen molar-refractivity contribution in [2.45, 2.75) is 27.2 Å². The molecule has 0 saturated heterocycles. The van der Waals surface area contributed by atoms with Gasteiger partial charge in [0, 0.05) is 4.43 Å². The van der Waals surface area contributed by atoms with Crippen molar-refractivity contribution >= 4 is 28.6 Å². The lowest BCUT2D eigenvalue weighted by molar-refractivity contribution is -0.145. The number of hydrogen-bond acceptors (Lipinski definition) is 1. The summed E-state index contributed by atoms with van der Waals surface area (Å²) in [4.78, 5) is 10.9. The van der Waals surface area contributed by atoms with Gasteiger partial charge in [-0.15, -0.1) is 0 Å². The number of allylic oxidation sites excluding steroid dienone is 2. The molecule has 0 saturated carbocycles. The highest BCUT2D eigenvalue weighted by Gasteiger charge is 2.29. The molecule has 0 spiro atoms. The third-order valence-corrected chi connectivity index (χ3v) is 2.48. The van der Waals surface area contributed by atoms with Crippen molar-refractivity contribution in [2.75, 3.05) is 4.43 Å². The first-order chi connectivity index (χ1) is 5.89. The molecule has 3 heteroatoms. The third kappa shape index (κ3) is 5.29. The van der Waals surface area contributed by atoms with Gasteiger partial charge in [-0.3, -0.25) is 4.79 Å². The minimum absolute atomic E-state index is 0.165. The second kappa shape index (κ2) is 5.62. The smallest absolute Gasteiger partial charge is 0.307 e. The monoisotopic (exact) mass is 296 g/mol. The lowest BCUT2D eigenvalue weighted by Crippen LogP contribution is -2.27. The van der Waals surface area contributed by atoms with Crippen molar-refractivity contribution in [1.29, 1.82) is 0 Å². The summed E-state index contributed by atoms with van der Waals surface area (Å²) in [5, 5.41) is 8.97. The number of hydrogen-bond donors (Lipinski definition) is 1. The summed E-state index contributed by atoms with van der Waals surface area (Å²) in [6.45, 7) is 5.89. The van der Waals surface area contributed by atoms with Gasteiger partial charge < -0.3 is 5.11 Å². The highest BCUT2D eigenvalue weighted by atomic mass is 127. The summed E-state index contributed by atoms with van der Waals surface area (Å²) in [6, 6.07) is 0. The van der Waals surface area contributed by atoms with Crippen LogP contribution in [-0.2, 0) is 4.79 Å². The van der Waals surface area contributed by atoms with Crippen LogP contribution < -0.4 is 0 Å². The van der Waals surface area contributed by atoms with Crippen LogP contribution in [0.2, 0.25) is 0 Å². The second-order valence-corrected chi connectivity index (χ2v) is 5.00. The van der Waals surface area contributed by atoms with E-state index >= 15 is 0 Å². The maximum absolute atomic E-state index is 10.9. The summed E-state index contributed by atoms with van der Waals surface area (Å²) in [6.07, 6.45) is 4.58. The van der Waals surface area contributed by atoms with Crippen LogP contribution in [-0.4, -0.2) is 15.5 Å². The van der Waals surface area contributed by atoms with Crippen molar-refractivity contribution in [3.8, 4) is 0 Å². The number of carbonyl (C=O) groups is 1. The largest absolute Gasteiger partial charge is 0.481 e. The lowest BCUT2D eigenvalue weighted by Gasteiger charge is -2.25. The SMILES string of the molecule is CC(C)(C)C(C/C=C/CI)C(=O)O. The molecule has 2 nitrogen and oxygen atoms in total. The van der Waals surface area contributed by atoms with E-state index in [2.05, 4.69) is 22.6 Å². The minimum Gasteiger partial charge on any atom is -0.481 e. The predicted octanol–water partition coefficient (Wildman–Crippen LogP) is 3.11. The Labute approximate surface area is 93.6 Å². The molecule has 0 rings (SSSR count). The topological polar surface area (TPSA) is 37.3 Å². The van der Waals surface area contributed by atoms with Gasteiger partial charge >= 0.3 is 5.97 Å². The van der Waals surface area contributed by atoms with Crippen LogP contribution in [0.5, 0.6) is 0 Å². The summed E-state index contributed by atoms with van der Waals surface area (Å²) in [5.74, 6) is -0.989. The van der Waals surface area contributed by atoms with Crippen LogP contribution >= 0.6 is 22.6 Å². The Morgan fingerprint density at radius 2 is 2.00 bits per heavy atom. The van der Waals surface area contributed by atoms with Crippen molar-refractivity contribution in [2.24, 2.45) is 11.3 Å². The van der Waals surface area contributed by atoms with Crippen LogP contribution in [0, 0.1) is 11.3 Å². The molecule has 1 atom stereocenters. The van der Waals surface area contributed by atoms with Gasteiger partial charge in [-0.2, -0.15) is 0 Å². The van der Waals surface area contributed by atoms with Crippen molar-refractivity contribution in [3.05, 3.63) is 12.2 Å². The molecule has 0 heterocycles. The molecule has 0 radical (unpaired) electrons. The highest BCUT2D eigenvalue weighted by molar-refractivity contribution is 14.1. The Bertz CT molecular complexity index is 192. The molecule has 0 fully saturated rings. The molecule has 0 aromatic rings. The molecule has 0 aromatic heterocycles. The van der Waals surface area contributed by atoms with Crippen LogP contribution in [0.15, 0.2) is 12.2 Å². The molecular formula is C10H17IO2. The van der Waals surface area contributed by atoms with E-state index in [1.54, 1.807) is 0 Å². The van der Waals surface area contributed by atoms with E-state index in [0.717, 1.165) is 4.43 Å². The van der Waals surface area contributed by atoms with Crippen LogP contribution in [0.25, 0.3) is 0 Å². The summed E-state index contributed by atoms with van der Waals surface area (Å²) < 4.78 is 0.939. The number of halogens is 1. The molecule has 0 aliphatic rings. The fraction of sp³-hybridized carbons (Fsp3) is 0.700. The Morgan fingerprint density at radius 3 is 2.31 bits per heavy atom. The molecule has 0 aromatic carbocycles. The third-order valence-electron chi connectivity index (χ3n) is 1.97. The summed E-state index contributed by atoms with van der Waals surface area (Å²) in [7, 11) is 0. The zero-order chi connectivity index (χ0) is 10.5. The van der Waals surface area contributed by atoms with E-state index in [1.165, 1.54) is 0 Å². The van der Waals surface area contributed by atoms with E-state index in [0.29, 0.717) is 6.42 Å². The number of alkyl halides is 1. The quantitative estimate of drug-likeness (QED) is 0.492. The maximum atomic E-state index is 10.9. The van der Waals surface area contributed by atoms with Crippen LogP contribution in [0.3, 0.4) is 0 Å². The average molecular weight is 296 g/mol. The summed E-state index contributed by atoms with van der Waals surface area (Å²) in [5.41, 5.74) is -0.165. The lowest BCUT2D eigenvalue weighted by atomic mass is 9.79. The van der Waals surface area contributed by atoms with E-state index in [4.69, 9.17) is 5.11 Å². The first-order valence-corrected chi connectivity index (χ1v) is 5.86. The zero-order valence-corrected chi connectivity index (χ0v) is 10.5. The Kier molecular flexibility index (Phi) is 5.60. The van der Waals surface area contributed by atoms with Gasteiger partial charge in [0.1, 0.15) is 0 Å². The standard InChI is InChI=1S/C10H17IO2/c1-10(2,3)8(9(12)13)6-4-5-7-11/h4-5,8H,6-7H2,1-3H3,(H,12,13)/b5-4+. The van der Waals surface area contributed by atoms with Gasteiger partial charge in [-0.1, -0.05) is 55.5 Å². The van der Waals surface area contributed by atoms with E-state index in [1.807, 2.05) is 32.9 Å². The Balaban J connectivity index is 4.28. The first-order valence-electron chi connectivity index (χ1n) is 4.33. The van der Waals surface area contributed by atoms with Crippen LogP contribution in [0.4, 0.5) is 0 Å². The molecule has 13 heavy (non-hydrogen) atoms. The van der Waals surface area contributed by atoms with Crippen LogP contribution in [0.1, 0.15) is 27.2 Å². The molecular weight excluding hydrogens is 279 g/mol. The average Bonchev–Trinajstić information content (AvgIpc) is 1.94. The summed E-state index contributed by atoms with van der Waals surface area (Å²) >= 11 is 2.24. The van der Waals surface area contributed by atoms with Gasteiger partial charge in [-0.25, -0.2) is 0 Å². The number of carboxylic acids is 1. The molecule has 76 valence electrons. The normalized spacial score (nSPS) is 14.8. The zero-order valence-electron chi connectivity index (χ0n) is 8.38. The van der Waals surface area contributed by atoms with Gasteiger partial charge in [-0.05, 0) is 11.8 Å². The van der Waals surface area contributed by atoms with Crippen molar-refractivity contribution in [1.82, 2.24) is 0 Å². The van der Waals surface area contributed by atoms with Crippen molar-refractivity contribution in [3.63, 3.8) is 0 Å². The number of rotatable bonds is 4. The molecule has 0 aliphatic carbocycles. The fourth-order valence-electron chi connectivity index (χ4n) is 1.12. The molecule has 0 aliphatic heterocycles. The Hall–Kier alpha value is -0.0600. The first kappa shape index (κ1) is 12.9. The number of aliphatic carboxylic acids is 1. The Morgan fingerprint density at radius 1 is 1.46 bits per heavy atom. The molecule has 0 bridgehead atoms. The van der Waals surface area contributed by atoms with Gasteiger partial charge in [0.15, 0.2) is 0 Å². The molecule has 1 N–H and O–H groups in total. The molecule has 0 amide bonds.